The van der Waals surface area contributed by atoms with Crippen molar-refractivity contribution in [3.05, 3.63) is 0 Å². The average Bonchev–Trinajstić information content (AvgIpc) is 2.72. The monoisotopic (exact) mass is 240 g/mol. The fourth-order valence-corrected chi connectivity index (χ4v) is 2.64. The number of rotatable bonds is 4. The van der Waals surface area contributed by atoms with Gasteiger partial charge in [0, 0.05) is 5.92 Å². The summed E-state index contributed by atoms with van der Waals surface area (Å²) in [6, 6.07) is 0. The third kappa shape index (κ3) is 2.57. The summed E-state index contributed by atoms with van der Waals surface area (Å²) in [6.45, 7) is 6.45. The minimum absolute atomic E-state index is 0.00340. The van der Waals surface area contributed by atoms with Crippen molar-refractivity contribution in [1.82, 2.24) is 0 Å². The standard InChI is InChI=1S/C13H20O4/c1-5-10-9(7-8-14-6-2)11-12(15-10)17-13(3,4)16-11/h2,9-12H,5,7-8H2,1,3-4H3/t9-,10-,11-,12-/m1/s1. The van der Waals surface area contributed by atoms with Crippen molar-refractivity contribution in [1.29, 1.82) is 0 Å². The van der Waals surface area contributed by atoms with E-state index in [1.807, 2.05) is 13.8 Å². The fraction of sp³-hybridized carbons (Fsp3) is 0.846. The van der Waals surface area contributed by atoms with E-state index >= 15 is 0 Å². The lowest BCUT2D eigenvalue weighted by Crippen LogP contribution is -2.30. The molecule has 2 aliphatic rings. The van der Waals surface area contributed by atoms with Crippen LogP contribution < -0.4 is 0 Å². The molecular formula is C13H20O4. The van der Waals surface area contributed by atoms with Gasteiger partial charge in [-0.3, -0.25) is 0 Å². The molecule has 17 heavy (non-hydrogen) atoms. The molecule has 2 aliphatic heterocycles. The van der Waals surface area contributed by atoms with E-state index < -0.39 is 5.79 Å². The number of hydrogen-bond acceptors (Lipinski definition) is 4. The Morgan fingerprint density at radius 1 is 1.35 bits per heavy atom. The summed E-state index contributed by atoms with van der Waals surface area (Å²) in [5.41, 5.74) is 0. The molecule has 0 spiro atoms. The highest BCUT2D eigenvalue weighted by Crippen LogP contribution is 2.42. The Labute approximate surface area is 103 Å². The van der Waals surface area contributed by atoms with E-state index in [4.69, 9.17) is 25.4 Å². The first kappa shape index (κ1) is 12.7. The van der Waals surface area contributed by atoms with Gasteiger partial charge in [0.05, 0.1) is 6.10 Å². The molecule has 0 amide bonds. The van der Waals surface area contributed by atoms with Crippen LogP contribution in [0.2, 0.25) is 0 Å². The average molecular weight is 240 g/mol. The quantitative estimate of drug-likeness (QED) is 0.555. The second-order valence-electron chi connectivity index (χ2n) is 4.97. The van der Waals surface area contributed by atoms with Crippen LogP contribution in [0.15, 0.2) is 0 Å². The zero-order chi connectivity index (χ0) is 12.5. The Hall–Kier alpha value is -0.760. The molecule has 2 fully saturated rings. The zero-order valence-corrected chi connectivity index (χ0v) is 10.6. The fourth-order valence-electron chi connectivity index (χ4n) is 2.64. The molecular weight excluding hydrogens is 220 g/mol. The van der Waals surface area contributed by atoms with E-state index in [1.165, 1.54) is 0 Å². The molecule has 96 valence electrons. The predicted octanol–water partition coefficient (Wildman–Crippen LogP) is 1.89. The van der Waals surface area contributed by atoms with Crippen LogP contribution in [-0.4, -0.2) is 30.9 Å². The van der Waals surface area contributed by atoms with Crippen LogP contribution in [0.3, 0.4) is 0 Å². The molecule has 0 aromatic rings. The molecule has 0 bridgehead atoms. The van der Waals surface area contributed by atoms with E-state index in [0.29, 0.717) is 12.5 Å². The highest BCUT2D eigenvalue weighted by Gasteiger charge is 2.53. The molecule has 4 nitrogen and oxygen atoms in total. The lowest BCUT2D eigenvalue weighted by molar-refractivity contribution is -0.210. The van der Waals surface area contributed by atoms with Gasteiger partial charge in [0.2, 0.25) is 0 Å². The van der Waals surface area contributed by atoms with Gasteiger partial charge in [-0.25, -0.2) is 0 Å². The SMILES string of the molecule is C#COCC[C@H]1[C@H]2OC(C)(C)O[C@H]2O[C@@H]1CC. The van der Waals surface area contributed by atoms with Gasteiger partial charge in [-0.1, -0.05) is 13.3 Å². The van der Waals surface area contributed by atoms with Crippen molar-refractivity contribution in [3.8, 4) is 12.5 Å². The van der Waals surface area contributed by atoms with Gasteiger partial charge in [0.15, 0.2) is 12.1 Å². The van der Waals surface area contributed by atoms with Crippen molar-refractivity contribution in [2.45, 2.75) is 57.9 Å². The molecule has 4 atom stereocenters. The van der Waals surface area contributed by atoms with Crippen LogP contribution in [0.4, 0.5) is 0 Å². The highest BCUT2D eigenvalue weighted by molar-refractivity contribution is 4.92. The Balaban J connectivity index is 1.98. The largest absolute Gasteiger partial charge is 0.447 e. The van der Waals surface area contributed by atoms with Crippen LogP contribution in [0, 0.1) is 18.4 Å². The number of fused-ring (bicyclic) bond motifs is 1. The van der Waals surface area contributed by atoms with E-state index in [-0.39, 0.29) is 18.5 Å². The van der Waals surface area contributed by atoms with Gasteiger partial charge in [-0.15, -0.1) is 0 Å². The lowest BCUT2D eigenvalue weighted by atomic mass is 9.93. The van der Waals surface area contributed by atoms with Crippen LogP contribution >= 0.6 is 0 Å². The Morgan fingerprint density at radius 2 is 2.12 bits per heavy atom. The zero-order valence-electron chi connectivity index (χ0n) is 10.6. The molecule has 0 aliphatic carbocycles. The number of terminal acetylenes is 1. The molecule has 0 aromatic carbocycles. The van der Waals surface area contributed by atoms with Crippen molar-refractivity contribution < 1.29 is 18.9 Å². The molecule has 0 saturated carbocycles. The van der Waals surface area contributed by atoms with Crippen LogP contribution in [0.1, 0.15) is 33.6 Å². The number of ether oxygens (including phenoxy) is 4. The lowest BCUT2D eigenvalue weighted by Gasteiger charge is -2.24. The Kier molecular flexibility index (Phi) is 3.62. The van der Waals surface area contributed by atoms with E-state index in [2.05, 4.69) is 13.0 Å². The highest BCUT2D eigenvalue weighted by atomic mass is 16.8. The molecule has 0 N–H and O–H groups in total. The van der Waals surface area contributed by atoms with Gasteiger partial charge >= 0.3 is 0 Å². The first-order chi connectivity index (χ1) is 8.07. The summed E-state index contributed by atoms with van der Waals surface area (Å²) >= 11 is 0. The van der Waals surface area contributed by atoms with Crippen molar-refractivity contribution in [2.24, 2.45) is 5.92 Å². The Bertz CT molecular complexity index is 307. The third-order valence-corrected chi connectivity index (χ3v) is 3.34. The first-order valence-corrected chi connectivity index (χ1v) is 6.16. The summed E-state index contributed by atoms with van der Waals surface area (Å²) < 4.78 is 22.4. The molecule has 0 unspecified atom stereocenters. The third-order valence-electron chi connectivity index (χ3n) is 3.34. The van der Waals surface area contributed by atoms with Crippen molar-refractivity contribution in [3.63, 3.8) is 0 Å². The molecule has 2 rings (SSSR count). The normalized spacial score (nSPS) is 38.7. The molecule has 2 saturated heterocycles. The summed E-state index contributed by atoms with van der Waals surface area (Å²) in [4.78, 5) is 0. The second kappa shape index (κ2) is 4.85. The molecule has 0 radical (unpaired) electrons. The van der Waals surface area contributed by atoms with Crippen LogP contribution in [-0.2, 0) is 18.9 Å². The maximum atomic E-state index is 5.89. The van der Waals surface area contributed by atoms with Gasteiger partial charge < -0.3 is 18.9 Å². The number of hydrogen-bond donors (Lipinski definition) is 0. The predicted molar refractivity (Wildman–Crippen MR) is 61.9 cm³/mol. The summed E-state index contributed by atoms with van der Waals surface area (Å²) in [5, 5.41) is 0. The minimum atomic E-state index is -0.556. The summed E-state index contributed by atoms with van der Waals surface area (Å²) in [6.07, 6.45) is 8.96. The summed E-state index contributed by atoms with van der Waals surface area (Å²) in [5.74, 6) is -0.264. The van der Waals surface area contributed by atoms with E-state index in [9.17, 15) is 0 Å². The topological polar surface area (TPSA) is 36.9 Å². The van der Waals surface area contributed by atoms with Crippen LogP contribution in [0.5, 0.6) is 0 Å². The summed E-state index contributed by atoms with van der Waals surface area (Å²) in [7, 11) is 0. The first-order valence-electron chi connectivity index (χ1n) is 6.16. The molecule has 4 heteroatoms. The van der Waals surface area contributed by atoms with E-state index in [1.54, 1.807) is 0 Å². The minimum Gasteiger partial charge on any atom is -0.447 e. The maximum Gasteiger partial charge on any atom is 0.187 e. The van der Waals surface area contributed by atoms with Gasteiger partial charge in [-0.05, 0) is 26.7 Å². The van der Waals surface area contributed by atoms with Crippen molar-refractivity contribution >= 4 is 0 Å². The van der Waals surface area contributed by atoms with Crippen LogP contribution in [0.25, 0.3) is 0 Å². The van der Waals surface area contributed by atoms with Crippen molar-refractivity contribution in [2.75, 3.05) is 6.61 Å². The molecule has 2 heterocycles. The Morgan fingerprint density at radius 3 is 2.76 bits per heavy atom. The van der Waals surface area contributed by atoms with Gasteiger partial charge in [-0.2, -0.15) is 0 Å². The maximum absolute atomic E-state index is 5.89. The smallest absolute Gasteiger partial charge is 0.187 e. The van der Waals surface area contributed by atoms with Gasteiger partial charge in [0.25, 0.3) is 0 Å². The molecule has 0 aromatic heterocycles. The van der Waals surface area contributed by atoms with E-state index in [0.717, 1.165) is 12.8 Å². The second-order valence-corrected chi connectivity index (χ2v) is 4.97. The van der Waals surface area contributed by atoms with Gasteiger partial charge in [0.1, 0.15) is 18.8 Å².